The Morgan fingerprint density at radius 1 is 1.10 bits per heavy atom. The monoisotopic (exact) mass is 392 g/mol. The number of amides is 2. The first-order valence-electron chi connectivity index (χ1n) is 10.7. The van der Waals surface area contributed by atoms with Gasteiger partial charge in [-0.05, 0) is 55.9 Å². The lowest BCUT2D eigenvalue weighted by atomic mass is 9.99. The number of pyridine rings is 2. The van der Waals surface area contributed by atoms with E-state index in [9.17, 15) is 4.79 Å². The largest absolute Gasteiger partial charge is 0.366 e. The number of carbonyl (C=O) groups is 1. The Morgan fingerprint density at radius 3 is 2.79 bits per heavy atom. The van der Waals surface area contributed by atoms with Gasteiger partial charge in [-0.2, -0.15) is 0 Å². The molecule has 1 unspecified atom stereocenters. The second-order valence-electron chi connectivity index (χ2n) is 8.49. The van der Waals surface area contributed by atoms with Crippen molar-refractivity contribution in [3.8, 4) is 0 Å². The van der Waals surface area contributed by atoms with E-state index >= 15 is 0 Å². The summed E-state index contributed by atoms with van der Waals surface area (Å²) in [5.41, 5.74) is 1.77. The first kappa shape index (κ1) is 18.2. The van der Waals surface area contributed by atoms with E-state index in [4.69, 9.17) is 4.98 Å². The maximum atomic E-state index is 13.3. The molecule has 2 saturated heterocycles. The van der Waals surface area contributed by atoms with Gasteiger partial charge in [-0.25, -0.2) is 9.78 Å². The number of nitrogens with zero attached hydrogens (tertiary/aromatic N) is 5. The molecule has 3 aliphatic heterocycles. The minimum absolute atomic E-state index is 0.123. The third-order valence-corrected chi connectivity index (χ3v) is 6.28. The topological polar surface area (TPSA) is 64.6 Å². The van der Waals surface area contributed by atoms with Crippen molar-refractivity contribution in [2.75, 3.05) is 46.2 Å². The maximum absolute atomic E-state index is 13.3. The van der Waals surface area contributed by atoms with Crippen LogP contribution in [-0.2, 0) is 0 Å². The summed E-state index contributed by atoms with van der Waals surface area (Å²) in [4.78, 5) is 29.1. The number of hydrogen-bond donors (Lipinski definition) is 1. The molecular weight excluding hydrogens is 364 g/mol. The average molecular weight is 393 g/mol. The van der Waals surface area contributed by atoms with E-state index in [0.29, 0.717) is 11.6 Å². The van der Waals surface area contributed by atoms with E-state index in [1.54, 1.807) is 12.4 Å². The summed E-state index contributed by atoms with van der Waals surface area (Å²) < 4.78 is 0. The summed E-state index contributed by atoms with van der Waals surface area (Å²) in [5, 5.41) is 3.01. The van der Waals surface area contributed by atoms with Gasteiger partial charge >= 0.3 is 6.03 Å². The zero-order chi connectivity index (χ0) is 19.8. The number of nitrogens with one attached hydrogen (secondary N) is 1. The van der Waals surface area contributed by atoms with Crippen LogP contribution in [0.5, 0.6) is 0 Å². The fourth-order valence-corrected chi connectivity index (χ4v) is 4.87. The lowest BCUT2D eigenvalue weighted by molar-refractivity contribution is 0.252. The van der Waals surface area contributed by atoms with Gasteiger partial charge in [0.1, 0.15) is 5.82 Å². The molecular formula is C22H28N6O. The van der Waals surface area contributed by atoms with Crippen molar-refractivity contribution in [3.05, 3.63) is 36.7 Å². The van der Waals surface area contributed by atoms with Gasteiger partial charge in [0.25, 0.3) is 0 Å². The van der Waals surface area contributed by atoms with Crippen molar-refractivity contribution in [2.45, 2.75) is 38.6 Å². The third kappa shape index (κ3) is 3.50. The van der Waals surface area contributed by atoms with Gasteiger partial charge < -0.3 is 15.1 Å². The Hall–Kier alpha value is -2.83. The number of aromatic nitrogens is 2. The molecule has 29 heavy (non-hydrogen) atoms. The Kier molecular flexibility index (Phi) is 4.73. The summed E-state index contributed by atoms with van der Waals surface area (Å²) in [7, 11) is 0. The minimum Gasteiger partial charge on any atom is -0.366 e. The minimum atomic E-state index is -0.123. The smallest absolute Gasteiger partial charge is 0.327 e. The quantitative estimate of drug-likeness (QED) is 0.844. The SMILES string of the molecule is CC1CCCN(c2ccc3c(n2)N(C(=O)Nc2cccnc2)[C@H]2CCCN3C2)C1. The van der Waals surface area contributed by atoms with E-state index in [1.807, 2.05) is 17.0 Å². The van der Waals surface area contributed by atoms with Crippen molar-refractivity contribution < 1.29 is 4.79 Å². The van der Waals surface area contributed by atoms with Gasteiger partial charge in [0, 0.05) is 32.4 Å². The molecule has 0 saturated carbocycles. The normalized spacial score (nSPS) is 23.6. The van der Waals surface area contributed by atoms with Gasteiger partial charge in [0.15, 0.2) is 5.82 Å². The molecule has 2 atom stereocenters. The van der Waals surface area contributed by atoms with E-state index in [0.717, 1.165) is 56.3 Å². The summed E-state index contributed by atoms with van der Waals surface area (Å²) in [6.45, 7) is 6.26. The zero-order valence-corrected chi connectivity index (χ0v) is 16.9. The van der Waals surface area contributed by atoms with Crippen LogP contribution >= 0.6 is 0 Å². The second kappa shape index (κ2) is 7.54. The highest BCUT2D eigenvalue weighted by atomic mass is 16.2. The molecule has 0 spiro atoms. The molecule has 7 heteroatoms. The van der Waals surface area contributed by atoms with Crippen LogP contribution in [0.15, 0.2) is 36.7 Å². The van der Waals surface area contributed by atoms with Crippen molar-refractivity contribution >= 4 is 29.0 Å². The molecule has 5 rings (SSSR count). The summed E-state index contributed by atoms with van der Waals surface area (Å²) >= 11 is 0. The lowest BCUT2D eigenvalue weighted by Crippen LogP contribution is -2.56. The summed E-state index contributed by atoms with van der Waals surface area (Å²) in [6.07, 6.45) is 7.94. The predicted molar refractivity (Wildman–Crippen MR) is 116 cm³/mol. The van der Waals surface area contributed by atoms with Crippen molar-refractivity contribution in [1.82, 2.24) is 9.97 Å². The van der Waals surface area contributed by atoms with E-state index < -0.39 is 0 Å². The van der Waals surface area contributed by atoms with Crippen LogP contribution in [-0.4, -0.2) is 48.2 Å². The maximum Gasteiger partial charge on any atom is 0.327 e. The fraction of sp³-hybridized carbons (Fsp3) is 0.500. The molecule has 0 aliphatic carbocycles. The first-order valence-corrected chi connectivity index (χ1v) is 10.7. The highest BCUT2D eigenvalue weighted by Crippen LogP contribution is 2.39. The molecule has 0 radical (unpaired) electrons. The molecule has 0 aromatic carbocycles. The van der Waals surface area contributed by atoms with Crippen molar-refractivity contribution in [2.24, 2.45) is 5.92 Å². The van der Waals surface area contributed by atoms with Gasteiger partial charge in [-0.1, -0.05) is 6.92 Å². The summed E-state index contributed by atoms with van der Waals surface area (Å²) in [6, 6.07) is 8.00. The van der Waals surface area contributed by atoms with Crippen LogP contribution in [0.4, 0.5) is 27.8 Å². The number of anilines is 4. The number of carbonyl (C=O) groups excluding carboxylic acids is 1. The fourth-order valence-electron chi connectivity index (χ4n) is 4.87. The highest BCUT2D eigenvalue weighted by Gasteiger charge is 2.38. The standard InChI is InChI=1S/C22H28N6O/c1-16-5-3-12-27(14-16)20-9-8-19-21(25-20)28(18-7-4-11-26(19)15-18)22(29)24-17-6-2-10-23-13-17/h2,6,8-10,13,16,18H,3-5,7,11-12,14-15H2,1H3,(H,24,29)/t16?,18-/m0/s1. The van der Waals surface area contributed by atoms with Gasteiger partial charge in [0.05, 0.1) is 23.6 Å². The molecule has 1 N–H and O–H groups in total. The van der Waals surface area contributed by atoms with Crippen LogP contribution in [0.3, 0.4) is 0 Å². The molecule has 2 bridgehead atoms. The molecule has 7 nitrogen and oxygen atoms in total. The third-order valence-electron chi connectivity index (χ3n) is 6.28. The number of fused-ring (bicyclic) bond motifs is 4. The van der Waals surface area contributed by atoms with E-state index in [1.165, 1.54) is 12.8 Å². The number of urea groups is 1. The van der Waals surface area contributed by atoms with Crippen LogP contribution in [0.2, 0.25) is 0 Å². The Morgan fingerprint density at radius 2 is 1.97 bits per heavy atom. The number of piperidine rings is 2. The Bertz CT molecular complexity index is 888. The molecule has 2 aromatic rings. The predicted octanol–water partition coefficient (Wildman–Crippen LogP) is 3.73. The first-order chi connectivity index (χ1) is 14.2. The summed E-state index contributed by atoms with van der Waals surface area (Å²) in [5.74, 6) is 2.45. The molecule has 2 amide bonds. The van der Waals surface area contributed by atoms with Gasteiger partial charge in [0.2, 0.25) is 0 Å². The van der Waals surface area contributed by atoms with Crippen LogP contribution in [0.25, 0.3) is 0 Å². The van der Waals surface area contributed by atoms with Crippen LogP contribution in [0.1, 0.15) is 32.6 Å². The zero-order valence-electron chi connectivity index (χ0n) is 16.9. The highest BCUT2D eigenvalue weighted by molar-refractivity contribution is 6.04. The van der Waals surface area contributed by atoms with Gasteiger partial charge in [-0.3, -0.25) is 9.88 Å². The van der Waals surface area contributed by atoms with E-state index in [2.05, 4.69) is 39.2 Å². The molecule has 3 aliphatic rings. The number of hydrogen-bond acceptors (Lipinski definition) is 5. The second-order valence-corrected chi connectivity index (χ2v) is 8.49. The van der Waals surface area contributed by atoms with Crippen molar-refractivity contribution in [3.63, 3.8) is 0 Å². The van der Waals surface area contributed by atoms with E-state index in [-0.39, 0.29) is 12.1 Å². The molecule has 5 heterocycles. The average Bonchev–Trinajstić information content (AvgIpc) is 2.74. The van der Waals surface area contributed by atoms with Crippen LogP contribution < -0.4 is 20.0 Å². The van der Waals surface area contributed by atoms with Crippen LogP contribution in [0, 0.1) is 5.92 Å². The lowest BCUT2D eigenvalue weighted by Gasteiger charge is -2.46. The van der Waals surface area contributed by atoms with Crippen molar-refractivity contribution in [1.29, 1.82) is 0 Å². The van der Waals surface area contributed by atoms with Gasteiger partial charge in [-0.15, -0.1) is 0 Å². The Balaban J connectivity index is 1.49. The molecule has 2 fully saturated rings. The molecule has 152 valence electrons. The molecule has 2 aromatic heterocycles. The number of rotatable bonds is 2. The Labute approximate surface area is 171 Å².